The highest BCUT2D eigenvalue weighted by Crippen LogP contribution is 2.22. The molecule has 1 rings (SSSR count). The van der Waals surface area contributed by atoms with E-state index < -0.39 is 16.6 Å². The van der Waals surface area contributed by atoms with Crippen LogP contribution in [0.15, 0.2) is 16.6 Å². The molecular formula is C11H14BrFN2O2S. The van der Waals surface area contributed by atoms with Crippen molar-refractivity contribution in [1.82, 2.24) is 5.32 Å². The minimum absolute atomic E-state index is 0.0875. The first kappa shape index (κ1) is 15.1. The highest BCUT2D eigenvalue weighted by molar-refractivity contribution is 9.10. The molecule has 100 valence electrons. The van der Waals surface area contributed by atoms with Gasteiger partial charge in [0.05, 0.1) is 11.3 Å². The molecular weight excluding hydrogens is 323 g/mol. The van der Waals surface area contributed by atoms with Crippen LogP contribution in [0.3, 0.4) is 0 Å². The van der Waals surface area contributed by atoms with Gasteiger partial charge in [0.2, 0.25) is 0 Å². The number of nitrogens with one attached hydrogen (secondary N) is 1. The number of hydrogen-bond donors (Lipinski definition) is 2. The number of rotatable bonds is 4. The molecule has 2 unspecified atom stereocenters. The number of amides is 1. The Morgan fingerprint density at radius 3 is 2.78 bits per heavy atom. The molecule has 1 amide bonds. The normalized spacial score (nSPS) is 14.0. The highest BCUT2D eigenvalue weighted by atomic mass is 79.9. The zero-order valence-corrected chi connectivity index (χ0v) is 12.4. The lowest BCUT2D eigenvalue weighted by Gasteiger charge is -2.11. The summed E-state index contributed by atoms with van der Waals surface area (Å²) in [4.78, 5) is 11.8. The summed E-state index contributed by atoms with van der Waals surface area (Å²) in [7, 11) is -1.01. The van der Waals surface area contributed by atoms with Gasteiger partial charge in [-0.3, -0.25) is 9.00 Å². The minimum atomic E-state index is -1.01. The van der Waals surface area contributed by atoms with E-state index in [0.717, 1.165) is 6.07 Å². The summed E-state index contributed by atoms with van der Waals surface area (Å²) >= 11 is 3.10. The van der Waals surface area contributed by atoms with Crippen LogP contribution in [-0.4, -0.2) is 28.2 Å². The maximum Gasteiger partial charge on any atom is 0.252 e. The van der Waals surface area contributed by atoms with Crippen LogP contribution < -0.4 is 11.1 Å². The molecule has 2 atom stereocenters. The molecule has 0 aliphatic carbocycles. The topological polar surface area (TPSA) is 72.2 Å². The van der Waals surface area contributed by atoms with E-state index in [2.05, 4.69) is 21.2 Å². The van der Waals surface area contributed by atoms with Crippen molar-refractivity contribution in [1.29, 1.82) is 0 Å². The highest BCUT2D eigenvalue weighted by Gasteiger charge is 2.14. The van der Waals surface area contributed by atoms with Crippen molar-refractivity contribution < 1.29 is 13.4 Å². The van der Waals surface area contributed by atoms with Crippen molar-refractivity contribution in [3.63, 3.8) is 0 Å². The van der Waals surface area contributed by atoms with E-state index in [1.165, 1.54) is 6.07 Å². The van der Waals surface area contributed by atoms with E-state index >= 15 is 0 Å². The number of anilines is 1. The van der Waals surface area contributed by atoms with Crippen molar-refractivity contribution in [2.75, 3.05) is 18.5 Å². The van der Waals surface area contributed by atoms with Gasteiger partial charge in [-0.05, 0) is 35.0 Å². The van der Waals surface area contributed by atoms with E-state index in [9.17, 15) is 13.4 Å². The second-order valence-corrected chi connectivity index (χ2v) is 6.53. The number of nitrogen functional groups attached to an aromatic ring is 1. The monoisotopic (exact) mass is 336 g/mol. The van der Waals surface area contributed by atoms with Crippen molar-refractivity contribution >= 4 is 38.3 Å². The number of carbonyl (C=O) groups excluding carboxylic acids is 1. The Morgan fingerprint density at radius 1 is 1.61 bits per heavy atom. The standard InChI is InChI=1S/C11H14BrFN2O2S/c1-6(18(2)17)5-15-11(16)7-3-10(14)9(13)4-8(7)12/h3-4,6H,5,14H2,1-2H3,(H,15,16). The summed E-state index contributed by atoms with van der Waals surface area (Å²) in [6, 6.07) is 2.41. The molecule has 0 heterocycles. The Morgan fingerprint density at radius 2 is 2.22 bits per heavy atom. The lowest BCUT2D eigenvalue weighted by Crippen LogP contribution is -2.32. The number of nitrogens with two attached hydrogens (primary N) is 1. The summed E-state index contributed by atoms with van der Waals surface area (Å²) < 4.78 is 24.6. The zero-order valence-electron chi connectivity index (χ0n) is 10.00. The summed E-state index contributed by atoms with van der Waals surface area (Å²) in [6.07, 6.45) is 1.57. The molecule has 0 aliphatic heterocycles. The Kier molecular flexibility index (Phi) is 5.28. The number of halogens is 2. The smallest absolute Gasteiger partial charge is 0.252 e. The Labute approximate surface area is 116 Å². The van der Waals surface area contributed by atoms with Crippen LogP contribution >= 0.6 is 15.9 Å². The predicted molar refractivity (Wildman–Crippen MR) is 74.4 cm³/mol. The minimum Gasteiger partial charge on any atom is -0.396 e. The van der Waals surface area contributed by atoms with Gasteiger partial charge in [-0.1, -0.05) is 0 Å². The molecule has 0 fully saturated rings. The summed E-state index contributed by atoms with van der Waals surface area (Å²) in [6.45, 7) is 2.05. The molecule has 7 heteroatoms. The van der Waals surface area contributed by atoms with E-state index in [1.807, 2.05) is 0 Å². The largest absolute Gasteiger partial charge is 0.396 e. The van der Waals surface area contributed by atoms with Crippen LogP contribution in [0.25, 0.3) is 0 Å². The molecule has 0 saturated heterocycles. The number of hydrogen-bond acceptors (Lipinski definition) is 3. The van der Waals surface area contributed by atoms with Gasteiger partial charge in [-0.15, -0.1) is 0 Å². The van der Waals surface area contributed by atoms with Crippen molar-refractivity contribution in [3.8, 4) is 0 Å². The Balaban J connectivity index is 2.79. The maximum absolute atomic E-state index is 13.1. The fourth-order valence-corrected chi connectivity index (χ4v) is 2.00. The fraction of sp³-hybridized carbons (Fsp3) is 0.364. The molecule has 0 bridgehead atoms. The van der Waals surface area contributed by atoms with Crippen molar-refractivity contribution in [3.05, 3.63) is 28.0 Å². The number of carbonyl (C=O) groups is 1. The zero-order chi connectivity index (χ0) is 13.9. The molecule has 1 aromatic carbocycles. The van der Waals surface area contributed by atoms with Gasteiger partial charge in [0.15, 0.2) is 0 Å². The molecule has 18 heavy (non-hydrogen) atoms. The fourth-order valence-electron chi connectivity index (χ4n) is 1.19. The summed E-state index contributed by atoms with van der Waals surface area (Å²) in [5.41, 5.74) is 5.57. The third-order valence-electron chi connectivity index (χ3n) is 2.45. The summed E-state index contributed by atoms with van der Waals surface area (Å²) in [5, 5.41) is 2.48. The second kappa shape index (κ2) is 6.29. The Bertz CT molecular complexity index is 496. The molecule has 3 N–H and O–H groups in total. The van der Waals surface area contributed by atoms with E-state index in [1.54, 1.807) is 13.2 Å². The van der Waals surface area contributed by atoms with Crippen LogP contribution in [0.2, 0.25) is 0 Å². The van der Waals surface area contributed by atoms with E-state index in [-0.39, 0.29) is 29.0 Å². The first-order chi connectivity index (χ1) is 8.32. The van der Waals surface area contributed by atoms with Gasteiger partial charge < -0.3 is 11.1 Å². The Hall–Kier alpha value is -0.950. The van der Waals surface area contributed by atoms with Gasteiger partial charge in [0.25, 0.3) is 5.91 Å². The molecule has 0 radical (unpaired) electrons. The maximum atomic E-state index is 13.1. The second-order valence-electron chi connectivity index (χ2n) is 3.87. The van der Waals surface area contributed by atoms with Gasteiger partial charge in [0.1, 0.15) is 5.82 Å². The van der Waals surface area contributed by atoms with Gasteiger partial charge >= 0.3 is 0 Å². The average Bonchev–Trinajstić information content (AvgIpc) is 2.30. The third kappa shape index (κ3) is 3.78. The quantitative estimate of drug-likeness (QED) is 0.821. The van der Waals surface area contributed by atoms with Crippen molar-refractivity contribution in [2.45, 2.75) is 12.2 Å². The first-order valence-corrected chi connectivity index (χ1v) is 7.59. The van der Waals surface area contributed by atoms with Crippen molar-refractivity contribution in [2.24, 2.45) is 0 Å². The van der Waals surface area contributed by atoms with Crippen LogP contribution in [0.4, 0.5) is 10.1 Å². The number of benzene rings is 1. The van der Waals surface area contributed by atoms with Crippen LogP contribution in [-0.2, 0) is 10.8 Å². The molecule has 1 aromatic rings. The SMILES string of the molecule is CC(CNC(=O)c1cc(N)c(F)cc1Br)S(C)=O. The lowest BCUT2D eigenvalue weighted by atomic mass is 10.2. The van der Waals surface area contributed by atoms with Crippen LogP contribution in [0, 0.1) is 5.82 Å². The van der Waals surface area contributed by atoms with Crippen LogP contribution in [0.5, 0.6) is 0 Å². The molecule has 0 aliphatic rings. The predicted octanol–water partition coefficient (Wildman–Crippen LogP) is 1.67. The van der Waals surface area contributed by atoms with Gasteiger partial charge in [0, 0.05) is 33.3 Å². The molecule has 0 saturated carbocycles. The lowest BCUT2D eigenvalue weighted by molar-refractivity contribution is 0.0953. The first-order valence-electron chi connectivity index (χ1n) is 5.18. The van der Waals surface area contributed by atoms with Gasteiger partial charge in [-0.2, -0.15) is 0 Å². The van der Waals surface area contributed by atoms with Gasteiger partial charge in [-0.25, -0.2) is 4.39 Å². The molecule has 0 aromatic heterocycles. The van der Waals surface area contributed by atoms with Crippen LogP contribution in [0.1, 0.15) is 17.3 Å². The summed E-state index contributed by atoms with van der Waals surface area (Å²) in [5.74, 6) is -0.965. The van der Waals surface area contributed by atoms with E-state index in [4.69, 9.17) is 5.73 Å². The van der Waals surface area contributed by atoms with E-state index in [0.29, 0.717) is 4.47 Å². The third-order valence-corrected chi connectivity index (χ3v) is 4.40. The molecule has 0 spiro atoms. The molecule has 4 nitrogen and oxygen atoms in total. The average molecular weight is 337 g/mol.